The van der Waals surface area contributed by atoms with Crippen molar-refractivity contribution in [2.45, 2.75) is 44.6 Å². The number of rotatable bonds is 6. The summed E-state index contributed by atoms with van der Waals surface area (Å²) in [4.78, 5) is 27.0. The summed E-state index contributed by atoms with van der Waals surface area (Å²) in [6, 6.07) is 11.0. The maximum Gasteiger partial charge on any atom is 0.262 e. The Morgan fingerprint density at radius 1 is 1.13 bits per heavy atom. The van der Waals surface area contributed by atoms with Gasteiger partial charge in [-0.15, -0.1) is 0 Å². The summed E-state index contributed by atoms with van der Waals surface area (Å²) in [7, 11) is -3.79. The van der Waals surface area contributed by atoms with Crippen molar-refractivity contribution in [3.63, 3.8) is 0 Å². The smallest absolute Gasteiger partial charge is 0.262 e. The third-order valence-electron chi connectivity index (χ3n) is 5.15. The topological polar surface area (TPSA) is 95.6 Å². The van der Waals surface area contributed by atoms with Gasteiger partial charge in [-0.3, -0.25) is 14.3 Å². The van der Waals surface area contributed by atoms with E-state index in [4.69, 9.17) is 0 Å². The third kappa shape index (κ3) is 4.64. The number of aryl methyl sites for hydroxylation is 2. The van der Waals surface area contributed by atoms with Crippen molar-refractivity contribution in [1.82, 2.24) is 10.2 Å². The summed E-state index contributed by atoms with van der Waals surface area (Å²) in [5, 5.41) is 2.77. The number of hydrogen-bond donors (Lipinski definition) is 2. The molecule has 7 nitrogen and oxygen atoms in total. The second kappa shape index (κ2) is 8.87. The predicted octanol–water partition coefficient (Wildman–Crippen LogP) is 2.84. The van der Waals surface area contributed by atoms with Crippen LogP contribution in [-0.4, -0.2) is 44.3 Å². The van der Waals surface area contributed by atoms with Crippen LogP contribution in [0, 0.1) is 13.8 Å². The largest absolute Gasteiger partial charge is 0.355 e. The van der Waals surface area contributed by atoms with Crippen molar-refractivity contribution in [3.05, 3.63) is 59.2 Å². The van der Waals surface area contributed by atoms with Crippen LogP contribution < -0.4 is 10.0 Å². The second-order valence-electron chi connectivity index (χ2n) is 7.51. The molecule has 1 saturated heterocycles. The molecule has 2 N–H and O–H groups in total. The lowest BCUT2D eigenvalue weighted by atomic mass is 10.1. The molecular weight excluding hydrogens is 402 g/mol. The highest BCUT2D eigenvalue weighted by atomic mass is 32.2. The number of likely N-dealkylation sites (N-methyl/N-ethyl adjacent to an activating group) is 1. The fraction of sp³-hybridized carbons (Fsp3) is 0.364. The number of hydrogen-bond acceptors (Lipinski definition) is 4. The van der Waals surface area contributed by atoms with Gasteiger partial charge in [0.25, 0.3) is 15.9 Å². The fourth-order valence-corrected chi connectivity index (χ4v) is 5.04. The van der Waals surface area contributed by atoms with Crippen LogP contribution in [-0.2, 0) is 14.8 Å². The molecule has 0 aromatic heterocycles. The molecule has 0 aliphatic carbocycles. The molecule has 1 heterocycles. The molecule has 1 fully saturated rings. The summed E-state index contributed by atoms with van der Waals surface area (Å²) in [6.07, 6.45) is 1.38. The number of likely N-dealkylation sites (tertiary alicyclic amines) is 1. The lowest BCUT2D eigenvalue weighted by Gasteiger charge is -2.24. The first-order valence-electron chi connectivity index (χ1n) is 10.0. The van der Waals surface area contributed by atoms with Crippen molar-refractivity contribution < 1.29 is 18.0 Å². The van der Waals surface area contributed by atoms with Crippen LogP contribution in [0.3, 0.4) is 0 Å². The van der Waals surface area contributed by atoms with Gasteiger partial charge < -0.3 is 10.2 Å². The van der Waals surface area contributed by atoms with Crippen LogP contribution in [0.15, 0.2) is 47.4 Å². The van der Waals surface area contributed by atoms with Gasteiger partial charge in [0.15, 0.2) is 0 Å². The second-order valence-corrected chi connectivity index (χ2v) is 9.16. The van der Waals surface area contributed by atoms with Crippen LogP contribution in [0.25, 0.3) is 0 Å². The molecule has 1 atom stereocenters. The van der Waals surface area contributed by atoms with Crippen molar-refractivity contribution in [1.29, 1.82) is 0 Å². The number of carbonyl (C=O) groups excluding carboxylic acids is 2. The highest BCUT2D eigenvalue weighted by molar-refractivity contribution is 7.92. The molecule has 1 aliphatic heterocycles. The van der Waals surface area contributed by atoms with Crippen LogP contribution in [0.4, 0.5) is 5.69 Å². The minimum absolute atomic E-state index is 0.157. The average Bonchev–Trinajstić information content (AvgIpc) is 3.17. The Morgan fingerprint density at radius 2 is 1.90 bits per heavy atom. The van der Waals surface area contributed by atoms with Gasteiger partial charge in [-0.05, 0) is 63.4 Å². The molecule has 8 heteroatoms. The molecule has 0 saturated carbocycles. The summed E-state index contributed by atoms with van der Waals surface area (Å²) in [6.45, 7) is 6.49. The van der Waals surface area contributed by atoms with E-state index in [1.807, 2.05) is 19.9 Å². The summed E-state index contributed by atoms with van der Waals surface area (Å²) >= 11 is 0. The van der Waals surface area contributed by atoms with Gasteiger partial charge in [0.2, 0.25) is 5.91 Å². The van der Waals surface area contributed by atoms with Gasteiger partial charge in [0.05, 0.1) is 4.90 Å². The number of nitrogens with one attached hydrogen (secondary N) is 2. The zero-order chi connectivity index (χ0) is 21.9. The highest BCUT2D eigenvalue weighted by Gasteiger charge is 2.34. The number of nitrogens with zero attached hydrogens (tertiary/aromatic N) is 1. The van der Waals surface area contributed by atoms with Crippen molar-refractivity contribution >= 4 is 27.5 Å². The first kappa shape index (κ1) is 21.8. The molecular formula is C22H27N3O4S. The molecule has 0 unspecified atom stereocenters. The van der Waals surface area contributed by atoms with E-state index in [9.17, 15) is 18.0 Å². The molecule has 30 heavy (non-hydrogen) atoms. The zero-order valence-electron chi connectivity index (χ0n) is 17.4. The van der Waals surface area contributed by atoms with E-state index in [0.717, 1.165) is 12.0 Å². The maximum atomic E-state index is 13.0. The number of sulfonamides is 1. The minimum Gasteiger partial charge on any atom is -0.355 e. The molecule has 1 aliphatic rings. The number of benzene rings is 2. The molecule has 0 radical (unpaired) electrons. The van der Waals surface area contributed by atoms with Crippen molar-refractivity contribution in [2.24, 2.45) is 0 Å². The van der Waals surface area contributed by atoms with Crippen LogP contribution in [0.2, 0.25) is 0 Å². The standard InChI is InChI=1S/C22H27N3O4S/c1-4-23-21(26)19-9-6-12-25(19)22(27)17-7-5-8-18(14-17)24-30(28,29)20-11-10-15(2)13-16(20)3/h5,7-8,10-11,13-14,19,24H,4,6,9,12H2,1-3H3,(H,23,26)/t19-/m0/s1. The Balaban J connectivity index is 1.82. The molecule has 2 amide bonds. The minimum atomic E-state index is -3.79. The number of carbonyl (C=O) groups is 2. The lowest BCUT2D eigenvalue weighted by Crippen LogP contribution is -2.45. The SMILES string of the molecule is CCNC(=O)[C@@H]1CCCN1C(=O)c1cccc(NS(=O)(=O)c2ccc(C)cc2C)c1. The van der Waals surface area contributed by atoms with E-state index in [2.05, 4.69) is 10.0 Å². The number of amides is 2. The van der Waals surface area contributed by atoms with E-state index in [1.165, 1.54) is 6.07 Å². The van der Waals surface area contributed by atoms with Gasteiger partial charge >= 0.3 is 0 Å². The predicted molar refractivity (Wildman–Crippen MR) is 116 cm³/mol. The normalized spacial score (nSPS) is 16.4. The maximum absolute atomic E-state index is 13.0. The van der Waals surface area contributed by atoms with E-state index in [1.54, 1.807) is 42.2 Å². The average molecular weight is 430 g/mol. The zero-order valence-corrected chi connectivity index (χ0v) is 18.3. The monoisotopic (exact) mass is 429 g/mol. The van der Waals surface area contributed by atoms with Crippen LogP contribution in [0.5, 0.6) is 0 Å². The summed E-state index contributed by atoms with van der Waals surface area (Å²) in [5.41, 5.74) is 2.27. The highest BCUT2D eigenvalue weighted by Crippen LogP contribution is 2.24. The molecule has 3 rings (SSSR count). The van der Waals surface area contributed by atoms with Crippen LogP contribution >= 0.6 is 0 Å². The van der Waals surface area contributed by atoms with Gasteiger partial charge in [-0.2, -0.15) is 0 Å². The molecule has 0 spiro atoms. The third-order valence-corrected chi connectivity index (χ3v) is 6.69. The molecule has 0 bridgehead atoms. The first-order chi connectivity index (χ1) is 14.2. The van der Waals surface area contributed by atoms with E-state index >= 15 is 0 Å². The first-order valence-corrected chi connectivity index (χ1v) is 11.5. The van der Waals surface area contributed by atoms with E-state index in [0.29, 0.717) is 36.3 Å². The lowest BCUT2D eigenvalue weighted by molar-refractivity contribution is -0.124. The quantitative estimate of drug-likeness (QED) is 0.738. The van der Waals surface area contributed by atoms with E-state index < -0.39 is 16.1 Å². The fourth-order valence-electron chi connectivity index (χ4n) is 3.77. The summed E-state index contributed by atoms with van der Waals surface area (Å²) in [5.74, 6) is -0.439. The van der Waals surface area contributed by atoms with E-state index in [-0.39, 0.29) is 16.7 Å². The number of anilines is 1. The molecule has 2 aromatic carbocycles. The van der Waals surface area contributed by atoms with Gasteiger partial charge in [-0.25, -0.2) is 8.42 Å². The Morgan fingerprint density at radius 3 is 2.60 bits per heavy atom. The van der Waals surface area contributed by atoms with Crippen molar-refractivity contribution in [3.8, 4) is 0 Å². The van der Waals surface area contributed by atoms with Gasteiger partial charge in [0, 0.05) is 24.3 Å². The summed E-state index contributed by atoms with van der Waals surface area (Å²) < 4.78 is 28.2. The van der Waals surface area contributed by atoms with Gasteiger partial charge in [-0.1, -0.05) is 23.8 Å². The Bertz CT molecular complexity index is 1070. The Hall–Kier alpha value is -2.87. The molecule has 160 valence electrons. The van der Waals surface area contributed by atoms with Crippen molar-refractivity contribution in [2.75, 3.05) is 17.8 Å². The Labute approximate surface area is 177 Å². The van der Waals surface area contributed by atoms with Gasteiger partial charge in [0.1, 0.15) is 6.04 Å². The Kier molecular flexibility index (Phi) is 6.45. The van der Waals surface area contributed by atoms with Crippen LogP contribution in [0.1, 0.15) is 41.3 Å². The molecule has 2 aromatic rings.